The molecule has 0 aliphatic carbocycles. The summed E-state index contributed by atoms with van der Waals surface area (Å²) < 4.78 is 37.4. The number of hydrogen-bond donors (Lipinski definition) is 0. The van der Waals surface area contributed by atoms with Crippen molar-refractivity contribution in [2.75, 3.05) is 16.4 Å². The van der Waals surface area contributed by atoms with Crippen LogP contribution in [-0.2, 0) is 15.6 Å². The molecule has 2 aliphatic rings. The highest BCUT2D eigenvalue weighted by Gasteiger charge is 2.47. The van der Waals surface area contributed by atoms with Crippen LogP contribution in [0.2, 0.25) is 0 Å². The van der Waals surface area contributed by atoms with Gasteiger partial charge in [0, 0.05) is 11.4 Å². The van der Waals surface area contributed by atoms with Crippen molar-refractivity contribution in [2.24, 2.45) is 4.99 Å². The lowest BCUT2D eigenvalue weighted by Gasteiger charge is -2.28. The lowest BCUT2D eigenvalue weighted by molar-refractivity contribution is 0.601. The van der Waals surface area contributed by atoms with Crippen molar-refractivity contribution in [2.45, 2.75) is 31.7 Å². The van der Waals surface area contributed by atoms with Gasteiger partial charge in [0.15, 0.2) is 15.0 Å². The van der Waals surface area contributed by atoms with Gasteiger partial charge in [0.05, 0.1) is 23.6 Å². The molecule has 2 aromatic rings. The molecule has 0 N–H and O–H groups in total. The first-order valence-corrected chi connectivity index (χ1v) is 11.6. The molecule has 0 spiro atoms. The molecule has 0 saturated carbocycles. The molecule has 27 heavy (non-hydrogen) atoms. The Balaban J connectivity index is 1.64. The Morgan fingerprint density at radius 1 is 1.15 bits per heavy atom. The van der Waals surface area contributed by atoms with Crippen molar-refractivity contribution in [3.8, 4) is 0 Å². The Morgan fingerprint density at radius 3 is 2.59 bits per heavy atom. The van der Waals surface area contributed by atoms with Crippen LogP contribution >= 0.6 is 11.8 Å². The molecule has 0 aromatic heterocycles. The molecule has 4 nitrogen and oxygen atoms in total. The van der Waals surface area contributed by atoms with Gasteiger partial charge in [0.1, 0.15) is 5.82 Å². The first-order valence-electron chi connectivity index (χ1n) is 8.84. The summed E-state index contributed by atoms with van der Waals surface area (Å²) in [4.78, 5) is 6.85. The molecule has 142 valence electrons. The summed E-state index contributed by atoms with van der Waals surface area (Å²) in [5, 5.41) is 0.844. The average Bonchev–Trinajstić information content (AvgIpc) is 3.06. The molecule has 1 saturated heterocycles. The number of rotatable bonds is 3. The maximum Gasteiger partial charge on any atom is 0.164 e. The first-order chi connectivity index (χ1) is 12.8. The van der Waals surface area contributed by atoms with Gasteiger partial charge in [-0.05, 0) is 43.2 Å². The second kappa shape index (κ2) is 6.95. The van der Waals surface area contributed by atoms with E-state index >= 15 is 0 Å². The molecule has 2 atom stereocenters. The Morgan fingerprint density at radius 2 is 1.89 bits per heavy atom. The molecular weight excluding hydrogens is 383 g/mol. The predicted octanol–water partition coefficient (Wildman–Crippen LogP) is 3.72. The second-order valence-corrected chi connectivity index (χ2v) is 10.3. The highest BCUT2D eigenvalue weighted by Crippen LogP contribution is 2.37. The van der Waals surface area contributed by atoms with Crippen molar-refractivity contribution in [1.82, 2.24) is 0 Å². The number of nitrogens with zero attached hydrogens (tertiary/aromatic N) is 2. The molecule has 0 unspecified atom stereocenters. The van der Waals surface area contributed by atoms with Crippen LogP contribution < -0.4 is 4.90 Å². The number of thioether (sulfide) groups is 1. The van der Waals surface area contributed by atoms with Crippen LogP contribution in [0.1, 0.15) is 16.7 Å². The summed E-state index contributed by atoms with van der Waals surface area (Å²) in [5.41, 5.74) is 4.29. The minimum Gasteiger partial charge on any atom is -0.315 e. The zero-order valence-corrected chi connectivity index (χ0v) is 16.9. The van der Waals surface area contributed by atoms with Crippen molar-refractivity contribution < 1.29 is 12.8 Å². The van der Waals surface area contributed by atoms with Crippen molar-refractivity contribution >= 4 is 32.5 Å². The molecule has 1 fully saturated rings. The Hall–Kier alpha value is -1.86. The molecule has 0 radical (unpaired) electrons. The fourth-order valence-electron chi connectivity index (χ4n) is 3.72. The summed E-state index contributed by atoms with van der Waals surface area (Å²) in [6.45, 7) is 4.09. The van der Waals surface area contributed by atoms with E-state index in [1.165, 1.54) is 17.7 Å². The minimum absolute atomic E-state index is 0.111. The Bertz CT molecular complexity index is 1000. The van der Waals surface area contributed by atoms with Gasteiger partial charge in [-0.2, -0.15) is 0 Å². The van der Waals surface area contributed by atoms with Gasteiger partial charge in [0.2, 0.25) is 0 Å². The predicted molar refractivity (Wildman–Crippen MR) is 110 cm³/mol. The highest BCUT2D eigenvalue weighted by atomic mass is 32.2. The number of amidine groups is 1. The third kappa shape index (κ3) is 3.75. The first kappa shape index (κ1) is 18.5. The highest BCUT2D eigenvalue weighted by molar-refractivity contribution is 8.13. The van der Waals surface area contributed by atoms with Crippen molar-refractivity contribution in [3.63, 3.8) is 0 Å². The number of sulfone groups is 1. The fourth-order valence-corrected chi connectivity index (χ4v) is 6.63. The monoisotopic (exact) mass is 404 g/mol. The number of hydrogen-bond acceptors (Lipinski definition) is 5. The average molecular weight is 405 g/mol. The van der Waals surface area contributed by atoms with Crippen LogP contribution in [0.3, 0.4) is 0 Å². The van der Waals surface area contributed by atoms with Gasteiger partial charge in [-0.15, -0.1) is 0 Å². The van der Waals surface area contributed by atoms with Crippen LogP contribution in [0.15, 0.2) is 47.5 Å². The summed E-state index contributed by atoms with van der Waals surface area (Å²) in [7, 11) is -3.06. The summed E-state index contributed by atoms with van der Waals surface area (Å²) in [6, 6.07) is 12.3. The van der Waals surface area contributed by atoms with E-state index in [9.17, 15) is 12.8 Å². The molecule has 0 amide bonds. The molecular formula is C20H21FN2O2S2. The van der Waals surface area contributed by atoms with E-state index in [-0.39, 0.29) is 29.4 Å². The third-order valence-electron chi connectivity index (χ3n) is 5.00. The normalized spacial score (nSPS) is 23.4. The smallest absolute Gasteiger partial charge is 0.164 e. The number of halogens is 1. The number of fused-ring (bicyclic) bond motifs is 1. The zero-order valence-electron chi connectivity index (χ0n) is 15.2. The van der Waals surface area contributed by atoms with E-state index in [1.807, 2.05) is 26.0 Å². The van der Waals surface area contributed by atoms with E-state index in [0.29, 0.717) is 5.75 Å². The lowest BCUT2D eigenvalue weighted by Crippen LogP contribution is -2.39. The maximum absolute atomic E-state index is 13.1. The molecule has 7 heteroatoms. The molecule has 4 rings (SSSR count). The van der Waals surface area contributed by atoms with Crippen molar-refractivity contribution in [1.29, 1.82) is 0 Å². The SMILES string of the molecule is Cc1ccc(N2C(SCc3ccc(F)cc3)=N[C@H]3CS(=O)(=O)C[C@H]32)c(C)c1. The Kier molecular flexibility index (Phi) is 4.76. The van der Waals surface area contributed by atoms with E-state index in [0.717, 1.165) is 22.0 Å². The molecule has 2 heterocycles. The fraction of sp³-hybridized carbons (Fsp3) is 0.350. The number of aliphatic imine (C=N–C) groups is 1. The number of benzene rings is 2. The standard InChI is InChI=1S/C20H21FN2O2S2/c1-13-3-8-18(14(2)9-13)23-19-12-27(24,25)11-17(19)22-20(23)26-10-15-4-6-16(21)7-5-15/h3-9,17,19H,10-12H2,1-2H3/t17-,19+/m0/s1. The topological polar surface area (TPSA) is 49.7 Å². The van der Waals surface area contributed by atoms with Gasteiger partial charge in [-0.1, -0.05) is 41.6 Å². The second-order valence-electron chi connectivity index (χ2n) is 7.20. The van der Waals surface area contributed by atoms with E-state index in [2.05, 4.69) is 11.0 Å². The summed E-state index contributed by atoms with van der Waals surface area (Å²) in [5.74, 6) is 0.653. The summed E-state index contributed by atoms with van der Waals surface area (Å²) in [6.07, 6.45) is 0. The van der Waals surface area contributed by atoms with Crippen LogP contribution in [-0.4, -0.2) is 37.2 Å². The summed E-state index contributed by atoms with van der Waals surface area (Å²) >= 11 is 1.57. The van der Waals surface area contributed by atoms with E-state index < -0.39 is 9.84 Å². The molecule has 0 bridgehead atoms. The van der Waals surface area contributed by atoms with Gasteiger partial charge in [-0.25, -0.2) is 12.8 Å². The van der Waals surface area contributed by atoms with E-state index in [1.54, 1.807) is 23.9 Å². The minimum atomic E-state index is -3.06. The maximum atomic E-state index is 13.1. The van der Waals surface area contributed by atoms with Crippen molar-refractivity contribution in [3.05, 3.63) is 65.0 Å². The number of anilines is 1. The quantitative estimate of drug-likeness (QED) is 0.782. The van der Waals surface area contributed by atoms with Crippen LogP contribution in [0.25, 0.3) is 0 Å². The zero-order chi connectivity index (χ0) is 19.2. The van der Waals surface area contributed by atoms with Gasteiger partial charge in [-0.3, -0.25) is 4.99 Å². The number of aryl methyl sites for hydroxylation is 2. The lowest BCUT2D eigenvalue weighted by atomic mass is 10.1. The van der Waals surface area contributed by atoms with Crippen LogP contribution in [0.5, 0.6) is 0 Å². The largest absolute Gasteiger partial charge is 0.315 e. The third-order valence-corrected chi connectivity index (χ3v) is 7.74. The Labute approximate surface area is 163 Å². The van der Waals surface area contributed by atoms with Gasteiger partial charge >= 0.3 is 0 Å². The van der Waals surface area contributed by atoms with Crippen LogP contribution in [0, 0.1) is 19.7 Å². The van der Waals surface area contributed by atoms with E-state index in [4.69, 9.17) is 4.99 Å². The van der Waals surface area contributed by atoms with Gasteiger partial charge < -0.3 is 4.90 Å². The molecule has 2 aliphatic heterocycles. The van der Waals surface area contributed by atoms with Gasteiger partial charge in [0.25, 0.3) is 0 Å². The molecule has 2 aromatic carbocycles. The van der Waals surface area contributed by atoms with Crippen LogP contribution in [0.4, 0.5) is 10.1 Å².